The maximum absolute atomic E-state index is 13.0. The number of aromatic carboxylic acids is 1. The Morgan fingerprint density at radius 1 is 0.833 bits per heavy atom. The average Bonchev–Trinajstić information content (AvgIpc) is 2.77. The third kappa shape index (κ3) is 5.43. The molecule has 0 atom stereocenters. The third-order valence-corrected chi connectivity index (χ3v) is 4.45. The molecule has 1 amide bonds. The zero-order valence-corrected chi connectivity index (χ0v) is 16.9. The number of rotatable bonds is 6. The highest BCUT2D eigenvalue weighted by Crippen LogP contribution is 2.21. The molecule has 6 heteroatoms. The fourth-order valence-corrected chi connectivity index (χ4v) is 2.90. The normalized spacial score (nSPS) is 9.90. The fraction of sp³-hybridized carbons (Fsp3) is 0.0833. The second-order valence-electron chi connectivity index (χ2n) is 6.33. The summed E-state index contributed by atoms with van der Waals surface area (Å²) in [5.74, 6) is 5.20. The van der Waals surface area contributed by atoms with Gasteiger partial charge in [0.05, 0.1) is 16.8 Å². The van der Waals surface area contributed by atoms with Crippen molar-refractivity contribution in [2.75, 3.05) is 22.9 Å². The van der Waals surface area contributed by atoms with E-state index in [1.165, 1.54) is 6.07 Å². The molecule has 30 heavy (non-hydrogen) atoms. The third-order valence-electron chi connectivity index (χ3n) is 4.22. The zero-order chi connectivity index (χ0) is 21.3. The van der Waals surface area contributed by atoms with Gasteiger partial charge in [0.2, 0.25) is 0 Å². The summed E-state index contributed by atoms with van der Waals surface area (Å²) in [4.78, 5) is 24.4. The van der Waals surface area contributed by atoms with Crippen LogP contribution in [0.5, 0.6) is 0 Å². The van der Waals surface area contributed by atoms with Crippen LogP contribution in [0, 0.1) is 11.8 Å². The number of hydrogen-bond donors (Lipinski definition) is 4. The van der Waals surface area contributed by atoms with E-state index in [4.69, 9.17) is 0 Å². The second kappa shape index (κ2) is 10.2. The highest BCUT2D eigenvalue weighted by Gasteiger charge is 2.16. The first-order chi connectivity index (χ1) is 14.6. The minimum Gasteiger partial charge on any atom is -0.478 e. The highest BCUT2D eigenvalue weighted by molar-refractivity contribution is 7.80. The van der Waals surface area contributed by atoms with Gasteiger partial charge in [0, 0.05) is 29.1 Å². The van der Waals surface area contributed by atoms with Crippen LogP contribution in [-0.4, -0.2) is 29.3 Å². The molecule has 5 nitrogen and oxygen atoms in total. The largest absolute Gasteiger partial charge is 0.478 e. The number of carboxylic acids is 1. The molecule has 0 fully saturated rings. The molecule has 3 aromatic carbocycles. The average molecular weight is 417 g/mol. The molecule has 0 radical (unpaired) electrons. The molecule has 0 heterocycles. The monoisotopic (exact) mass is 416 g/mol. The maximum atomic E-state index is 13.0. The molecule has 3 N–H and O–H groups in total. The van der Waals surface area contributed by atoms with Crippen molar-refractivity contribution in [3.05, 3.63) is 95.1 Å². The van der Waals surface area contributed by atoms with Gasteiger partial charge in [-0.05, 0) is 42.5 Å². The summed E-state index contributed by atoms with van der Waals surface area (Å²) in [5, 5.41) is 15.2. The van der Waals surface area contributed by atoms with Crippen LogP contribution >= 0.6 is 12.6 Å². The van der Waals surface area contributed by atoms with Crippen LogP contribution in [0.1, 0.15) is 31.8 Å². The maximum Gasteiger partial charge on any atom is 0.337 e. The number of anilines is 2. The SMILES string of the molecule is O=C(O)c1ccccc1NC(=O)c1cc(C#Cc2ccccc2)ccc1NCCS. The summed E-state index contributed by atoms with van der Waals surface area (Å²) in [5.41, 5.74) is 2.80. The quantitative estimate of drug-likeness (QED) is 0.355. The Morgan fingerprint density at radius 2 is 1.53 bits per heavy atom. The van der Waals surface area contributed by atoms with Gasteiger partial charge < -0.3 is 15.7 Å². The molecular weight excluding hydrogens is 396 g/mol. The first-order valence-corrected chi connectivity index (χ1v) is 9.91. The number of hydrogen-bond acceptors (Lipinski definition) is 4. The van der Waals surface area contributed by atoms with E-state index in [0.717, 1.165) is 5.56 Å². The topological polar surface area (TPSA) is 78.4 Å². The van der Waals surface area contributed by atoms with Crippen LogP contribution in [-0.2, 0) is 0 Å². The summed E-state index contributed by atoms with van der Waals surface area (Å²) >= 11 is 4.20. The number of carbonyl (C=O) groups excluding carboxylic acids is 1. The molecule has 150 valence electrons. The van der Waals surface area contributed by atoms with Crippen LogP contribution < -0.4 is 10.6 Å². The van der Waals surface area contributed by atoms with Crippen molar-refractivity contribution >= 4 is 35.9 Å². The lowest BCUT2D eigenvalue weighted by molar-refractivity contribution is 0.0698. The van der Waals surface area contributed by atoms with Crippen LogP contribution in [0.25, 0.3) is 0 Å². The van der Waals surface area contributed by atoms with Gasteiger partial charge >= 0.3 is 5.97 Å². The van der Waals surface area contributed by atoms with E-state index < -0.39 is 11.9 Å². The van der Waals surface area contributed by atoms with Crippen molar-refractivity contribution in [3.63, 3.8) is 0 Å². The van der Waals surface area contributed by atoms with Crippen molar-refractivity contribution in [1.29, 1.82) is 0 Å². The van der Waals surface area contributed by atoms with Gasteiger partial charge in [0.25, 0.3) is 5.91 Å². The van der Waals surface area contributed by atoms with Gasteiger partial charge in [0.1, 0.15) is 0 Å². The van der Waals surface area contributed by atoms with Crippen LogP contribution in [0.15, 0.2) is 72.8 Å². The Morgan fingerprint density at radius 3 is 2.27 bits per heavy atom. The Hall–Kier alpha value is -3.69. The van der Waals surface area contributed by atoms with E-state index in [2.05, 4.69) is 35.1 Å². The first kappa shape index (κ1) is 21.0. The number of para-hydroxylation sites is 1. The van der Waals surface area contributed by atoms with Crippen molar-refractivity contribution in [1.82, 2.24) is 0 Å². The molecule has 0 aliphatic rings. The van der Waals surface area contributed by atoms with E-state index >= 15 is 0 Å². The standard InChI is InChI=1S/C24H20N2O3S/c27-23(26-22-9-5-4-8-19(22)24(28)29)20-16-18(12-13-21(20)25-14-15-30)11-10-17-6-2-1-3-7-17/h1-9,12-13,16,25,30H,14-15H2,(H,26,27)(H,28,29). The Balaban J connectivity index is 1.93. The van der Waals surface area contributed by atoms with E-state index in [1.54, 1.807) is 30.3 Å². The van der Waals surface area contributed by atoms with Gasteiger partial charge in [-0.2, -0.15) is 12.6 Å². The fourth-order valence-electron chi connectivity index (χ4n) is 2.79. The number of nitrogens with one attached hydrogen (secondary N) is 2. The number of amides is 1. The molecule has 0 aliphatic heterocycles. The van der Waals surface area contributed by atoms with Crippen molar-refractivity contribution in [3.8, 4) is 11.8 Å². The molecule has 3 aromatic rings. The molecule has 0 saturated carbocycles. The highest BCUT2D eigenvalue weighted by atomic mass is 32.1. The summed E-state index contributed by atoms with van der Waals surface area (Å²) in [7, 11) is 0. The molecule has 0 unspecified atom stereocenters. The predicted molar refractivity (Wildman–Crippen MR) is 123 cm³/mol. The molecular formula is C24H20N2O3S. The van der Waals surface area contributed by atoms with Gasteiger partial charge in [-0.15, -0.1) is 0 Å². The van der Waals surface area contributed by atoms with E-state index in [0.29, 0.717) is 29.1 Å². The second-order valence-corrected chi connectivity index (χ2v) is 6.78. The van der Waals surface area contributed by atoms with Crippen molar-refractivity contribution in [2.24, 2.45) is 0 Å². The van der Waals surface area contributed by atoms with Gasteiger partial charge in [-0.25, -0.2) is 4.79 Å². The van der Waals surface area contributed by atoms with Crippen LogP contribution in [0.2, 0.25) is 0 Å². The summed E-state index contributed by atoms with van der Waals surface area (Å²) in [6, 6.07) is 21.2. The van der Waals surface area contributed by atoms with Gasteiger partial charge in [0.15, 0.2) is 0 Å². The number of benzene rings is 3. The van der Waals surface area contributed by atoms with Crippen LogP contribution in [0.4, 0.5) is 11.4 Å². The number of carboxylic acid groups (broad SMARTS) is 1. The van der Waals surface area contributed by atoms with E-state index in [9.17, 15) is 14.7 Å². The molecule has 3 rings (SSSR count). The van der Waals surface area contributed by atoms with Crippen LogP contribution in [0.3, 0.4) is 0 Å². The zero-order valence-electron chi connectivity index (χ0n) is 16.1. The van der Waals surface area contributed by atoms with Gasteiger partial charge in [-0.3, -0.25) is 4.79 Å². The summed E-state index contributed by atoms with van der Waals surface area (Å²) in [6.45, 7) is 0.574. The first-order valence-electron chi connectivity index (χ1n) is 9.28. The lowest BCUT2D eigenvalue weighted by Crippen LogP contribution is -2.17. The van der Waals surface area contributed by atoms with Gasteiger partial charge in [-0.1, -0.05) is 42.2 Å². The smallest absolute Gasteiger partial charge is 0.337 e. The summed E-state index contributed by atoms with van der Waals surface area (Å²) in [6.07, 6.45) is 0. The number of carbonyl (C=O) groups is 2. The van der Waals surface area contributed by atoms with Crippen molar-refractivity contribution < 1.29 is 14.7 Å². The number of thiol groups is 1. The predicted octanol–water partition coefficient (Wildman–Crippen LogP) is 4.38. The molecule has 0 spiro atoms. The van der Waals surface area contributed by atoms with E-state index in [-0.39, 0.29) is 11.3 Å². The molecule has 0 saturated heterocycles. The van der Waals surface area contributed by atoms with E-state index in [1.807, 2.05) is 36.4 Å². The minimum atomic E-state index is -1.11. The molecule has 0 bridgehead atoms. The lowest BCUT2D eigenvalue weighted by atomic mass is 10.1. The lowest BCUT2D eigenvalue weighted by Gasteiger charge is -2.13. The molecule has 0 aliphatic carbocycles. The minimum absolute atomic E-state index is 0.0238. The Labute approximate surface area is 180 Å². The molecule has 0 aromatic heterocycles. The Kier molecular flexibility index (Phi) is 7.14. The summed E-state index contributed by atoms with van der Waals surface area (Å²) < 4.78 is 0. The Bertz CT molecular complexity index is 1120. The van der Waals surface area contributed by atoms with Crippen molar-refractivity contribution in [2.45, 2.75) is 0 Å².